The summed E-state index contributed by atoms with van der Waals surface area (Å²) in [7, 11) is 0. The van der Waals surface area contributed by atoms with Gasteiger partial charge in [-0.05, 0) is 23.6 Å². The summed E-state index contributed by atoms with van der Waals surface area (Å²) in [5, 5.41) is 0. The van der Waals surface area contributed by atoms with Gasteiger partial charge in [-0.25, -0.2) is 15.0 Å². The van der Waals surface area contributed by atoms with Gasteiger partial charge in [-0.15, -0.1) is 0 Å². The van der Waals surface area contributed by atoms with E-state index in [1.807, 2.05) is 60.7 Å². The summed E-state index contributed by atoms with van der Waals surface area (Å²) in [5.41, 5.74) is 6.59. The van der Waals surface area contributed by atoms with Crippen LogP contribution in [0.4, 0.5) is 0 Å². The van der Waals surface area contributed by atoms with E-state index in [1.54, 1.807) is 0 Å². The minimum absolute atomic E-state index is 0.670. The maximum absolute atomic E-state index is 4.80. The molecular formula is C28H21N3. The van der Waals surface area contributed by atoms with Gasteiger partial charge in [0.05, 0.1) is 0 Å². The highest BCUT2D eigenvalue weighted by Crippen LogP contribution is 2.28. The standard InChI is InChI=1S/C28H21N3/c1-20-10-8-9-15-25(20)21-16-18-24(19-17-21)28-30-26(22-11-4-2-5-12-22)29-27(31-28)23-13-6-3-7-14-23/h2-19H,1H3. The van der Waals surface area contributed by atoms with Gasteiger partial charge < -0.3 is 0 Å². The minimum Gasteiger partial charge on any atom is -0.208 e. The Balaban J connectivity index is 1.61. The molecule has 31 heavy (non-hydrogen) atoms. The zero-order chi connectivity index (χ0) is 21.0. The quantitative estimate of drug-likeness (QED) is 0.332. The van der Waals surface area contributed by atoms with Crippen LogP contribution in [-0.2, 0) is 0 Å². The molecule has 3 nitrogen and oxygen atoms in total. The van der Waals surface area contributed by atoms with E-state index in [9.17, 15) is 0 Å². The zero-order valence-corrected chi connectivity index (χ0v) is 17.2. The topological polar surface area (TPSA) is 38.7 Å². The van der Waals surface area contributed by atoms with Gasteiger partial charge in [0.2, 0.25) is 0 Å². The third kappa shape index (κ3) is 3.99. The van der Waals surface area contributed by atoms with Gasteiger partial charge in [-0.1, -0.05) is 109 Å². The molecular weight excluding hydrogens is 378 g/mol. The van der Waals surface area contributed by atoms with Crippen molar-refractivity contribution in [3.8, 4) is 45.3 Å². The van der Waals surface area contributed by atoms with Crippen molar-refractivity contribution >= 4 is 0 Å². The monoisotopic (exact) mass is 399 g/mol. The molecule has 0 aliphatic rings. The Morgan fingerprint density at radius 1 is 0.387 bits per heavy atom. The molecule has 0 spiro atoms. The molecule has 0 saturated carbocycles. The van der Waals surface area contributed by atoms with E-state index in [4.69, 9.17) is 15.0 Å². The van der Waals surface area contributed by atoms with Crippen LogP contribution in [0.1, 0.15) is 5.56 Å². The van der Waals surface area contributed by atoms with Crippen molar-refractivity contribution in [3.63, 3.8) is 0 Å². The molecule has 0 bridgehead atoms. The summed E-state index contributed by atoms with van der Waals surface area (Å²) >= 11 is 0. The van der Waals surface area contributed by atoms with Crippen LogP contribution in [0.2, 0.25) is 0 Å². The van der Waals surface area contributed by atoms with Crippen molar-refractivity contribution in [2.24, 2.45) is 0 Å². The molecule has 1 aromatic heterocycles. The lowest BCUT2D eigenvalue weighted by molar-refractivity contribution is 1.07. The number of hydrogen-bond donors (Lipinski definition) is 0. The lowest BCUT2D eigenvalue weighted by atomic mass is 9.99. The van der Waals surface area contributed by atoms with E-state index >= 15 is 0 Å². The highest BCUT2D eigenvalue weighted by molar-refractivity contribution is 5.71. The Labute approximate surface area is 182 Å². The Morgan fingerprint density at radius 2 is 0.774 bits per heavy atom. The van der Waals surface area contributed by atoms with Gasteiger partial charge in [-0.3, -0.25) is 0 Å². The first-order valence-corrected chi connectivity index (χ1v) is 10.3. The number of rotatable bonds is 4. The molecule has 0 atom stereocenters. The summed E-state index contributed by atoms with van der Waals surface area (Å²) in [6.45, 7) is 2.13. The summed E-state index contributed by atoms with van der Waals surface area (Å²) in [6.07, 6.45) is 0. The molecule has 0 radical (unpaired) electrons. The van der Waals surface area contributed by atoms with Crippen LogP contribution in [0.5, 0.6) is 0 Å². The SMILES string of the molecule is Cc1ccccc1-c1ccc(-c2nc(-c3ccccc3)nc(-c3ccccc3)n2)cc1. The van der Waals surface area contributed by atoms with Crippen molar-refractivity contribution in [2.45, 2.75) is 6.92 Å². The number of aromatic nitrogens is 3. The average Bonchev–Trinajstić information content (AvgIpc) is 2.85. The van der Waals surface area contributed by atoms with Gasteiger partial charge in [0.25, 0.3) is 0 Å². The minimum atomic E-state index is 0.670. The van der Waals surface area contributed by atoms with E-state index in [2.05, 4.69) is 55.5 Å². The third-order valence-electron chi connectivity index (χ3n) is 5.30. The molecule has 1 heterocycles. The van der Waals surface area contributed by atoms with Gasteiger partial charge in [-0.2, -0.15) is 0 Å². The Morgan fingerprint density at radius 3 is 1.26 bits per heavy atom. The maximum atomic E-state index is 4.80. The average molecular weight is 399 g/mol. The first-order chi connectivity index (χ1) is 15.3. The predicted octanol–water partition coefficient (Wildman–Crippen LogP) is 6.85. The van der Waals surface area contributed by atoms with Gasteiger partial charge in [0.1, 0.15) is 0 Å². The molecule has 0 aliphatic carbocycles. The van der Waals surface area contributed by atoms with E-state index in [0.717, 1.165) is 16.7 Å². The maximum Gasteiger partial charge on any atom is 0.164 e. The fraction of sp³-hybridized carbons (Fsp3) is 0.0357. The lowest BCUT2D eigenvalue weighted by Crippen LogP contribution is -2.00. The van der Waals surface area contributed by atoms with Gasteiger partial charge in [0.15, 0.2) is 17.5 Å². The molecule has 148 valence electrons. The fourth-order valence-corrected chi connectivity index (χ4v) is 3.63. The summed E-state index contributed by atoms with van der Waals surface area (Å²) in [5.74, 6) is 2.02. The van der Waals surface area contributed by atoms with Crippen molar-refractivity contribution in [3.05, 3.63) is 115 Å². The first-order valence-electron chi connectivity index (χ1n) is 10.3. The van der Waals surface area contributed by atoms with Crippen LogP contribution < -0.4 is 0 Å². The molecule has 0 saturated heterocycles. The van der Waals surface area contributed by atoms with Crippen LogP contribution in [0.25, 0.3) is 45.3 Å². The highest BCUT2D eigenvalue weighted by atomic mass is 15.0. The largest absolute Gasteiger partial charge is 0.208 e. The van der Waals surface area contributed by atoms with Crippen molar-refractivity contribution in [1.82, 2.24) is 15.0 Å². The Hall–Kier alpha value is -4.11. The molecule has 0 unspecified atom stereocenters. The van der Waals surface area contributed by atoms with Crippen LogP contribution in [0.3, 0.4) is 0 Å². The van der Waals surface area contributed by atoms with Crippen molar-refractivity contribution < 1.29 is 0 Å². The molecule has 0 N–H and O–H groups in total. The van der Waals surface area contributed by atoms with Crippen molar-refractivity contribution in [1.29, 1.82) is 0 Å². The van der Waals surface area contributed by atoms with Gasteiger partial charge in [0, 0.05) is 16.7 Å². The Kier molecular flexibility index (Phi) is 5.07. The number of benzene rings is 4. The first kappa shape index (κ1) is 18.9. The molecule has 0 amide bonds. The van der Waals surface area contributed by atoms with E-state index < -0.39 is 0 Å². The van der Waals surface area contributed by atoms with Crippen molar-refractivity contribution in [2.75, 3.05) is 0 Å². The van der Waals surface area contributed by atoms with E-state index in [0.29, 0.717) is 17.5 Å². The second-order valence-corrected chi connectivity index (χ2v) is 7.43. The highest BCUT2D eigenvalue weighted by Gasteiger charge is 2.12. The van der Waals surface area contributed by atoms with E-state index in [-0.39, 0.29) is 0 Å². The smallest absolute Gasteiger partial charge is 0.164 e. The summed E-state index contributed by atoms with van der Waals surface area (Å²) in [4.78, 5) is 14.3. The second-order valence-electron chi connectivity index (χ2n) is 7.43. The molecule has 4 aromatic carbocycles. The third-order valence-corrected chi connectivity index (χ3v) is 5.30. The fourth-order valence-electron chi connectivity index (χ4n) is 3.63. The normalized spacial score (nSPS) is 10.7. The van der Waals surface area contributed by atoms with E-state index in [1.165, 1.54) is 16.7 Å². The zero-order valence-electron chi connectivity index (χ0n) is 17.2. The number of hydrogen-bond acceptors (Lipinski definition) is 3. The molecule has 0 fully saturated rings. The van der Waals surface area contributed by atoms with Crippen LogP contribution >= 0.6 is 0 Å². The second kappa shape index (κ2) is 8.33. The lowest BCUT2D eigenvalue weighted by Gasteiger charge is -2.09. The molecule has 5 aromatic rings. The van der Waals surface area contributed by atoms with Crippen LogP contribution in [-0.4, -0.2) is 15.0 Å². The summed E-state index contributed by atoms with van der Waals surface area (Å²) < 4.78 is 0. The van der Waals surface area contributed by atoms with Gasteiger partial charge >= 0.3 is 0 Å². The summed E-state index contributed by atoms with van der Waals surface area (Å²) in [6, 6.07) is 36.9. The predicted molar refractivity (Wildman–Crippen MR) is 126 cm³/mol. The molecule has 0 aliphatic heterocycles. The Bertz CT molecular complexity index is 1250. The number of nitrogens with zero attached hydrogens (tertiary/aromatic N) is 3. The van der Waals surface area contributed by atoms with Crippen LogP contribution in [0.15, 0.2) is 109 Å². The molecule has 3 heteroatoms. The molecule has 5 rings (SSSR count). The number of aryl methyl sites for hydroxylation is 1. The van der Waals surface area contributed by atoms with Crippen LogP contribution in [0, 0.1) is 6.92 Å².